The van der Waals surface area contributed by atoms with Gasteiger partial charge in [-0.1, -0.05) is 31.5 Å². The van der Waals surface area contributed by atoms with E-state index in [1.165, 1.54) is 19.3 Å². The molecule has 3 atom stereocenters. The molecule has 2 rings (SSSR count). The third-order valence-electron chi connectivity index (χ3n) is 4.27. The molecule has 1 aromatic carbocycles. The fourth-order valence-corrected chi connectivity index (χ4v) is 3.08. The molecule has 1 saturated heterocycles. The standard InChI is InChI=1S/C17H27NO2/c1-3-13-9-10-18-14(11-13)12-16(19)15-7-5-6-8-17(15)20-4-2/h5-8,13-14,16,18-19H,3-4,9-12H2,1-2H3. The van der Waals surface area contributed by atoms with Crippen LogP contribution in [0.5, 0.6) is 5.75 Å². The summed E-state index contributed by atoms with van der Waals surface area (Å²) in [4.78, 5) is 0. The Morgan fingerprint density at radius 3 is 2.90 bits per heavy atom. The molecule has 0 aromatic heterocycles. The molecule has 0 bridgehead atoms. The normalized spacial score (nSPS) is 24.4. The van der Waals surface area contributed by atoms with Crippen molar-refractivity contribution < 1.29 is 9.84 Å². The minimum absolute atomic E-state index is 0.415. The maximum Gasteiger partial charge on any atom is 0.125 e. The lowest BCUT2D eigenvalue weighted by Gasteiger charge is -2.31. The van der Waals surface area contributed by atoms with Gasteiger partial charge in [0, 0.05) is 11.6 Å². The Hall–Kier alpha value is -1.06. The maximum atomic E-state index is 10.5. The first kappa shape index (κ1) is 15.3. The lowest BCUT2D eigenvalue weighted by atomic mass is 9.87. The first-order valence-corrected chi connectivity index (χ1v) is 7.87. The smallest absolute Gasteiger partial charge is 0.125 e. The maximum absolute atomic E-state index is 10.5. The van der Waals surface area contributed by atoms with E-state index in [1.54, 1.807) is 0 Å². The number of aliphatic hydroxyl groups excluding tert-OH is 1. The summed E-state index contributed by atoms with van der Waals surface area (Å²) in [6.45, 7) is 5.93. The van der Waals surface area contributed by atoms with Gasteiger partial charge in [-0.25, -0.2) is 0 Å². The molecule has 0 radical (unpaired) electrons. The summed E-state index contributed by atoms with van der Waals surface area (Å²) in [5.41, 5.74) is 0.912. The molecule has 1 aromatic rings. The van der Waals surface area contributed by atoms with Crippen molar-refractivity contribution in [2.24, 2.45) is 5.92 Å². The van der Waals surface area contributed by atoms with E-state index in [2.05, 4.69) is 12.2 Å². The molecular weight excluding hydrogens is 250 g/mol. The van der Waals surface area contributed by atoms with Gasteiger partial charge in [-0.2, -0.15) is 0 Å². The highest BCUT2D eigenvalue weighted by Gasteiger charge is 2.24. The van der Waals surface area contributed by atoms with E-state index in [-0.39, 0.29) is 0 Å². The number of hydrogen-bond acceptors (Lipinski definition) is 3. The summed E-state index contributed by atoms with van der Waals surface area (Å²) in [5.74, 6) is 1.61. The number of piperidine rings is 1. The molecule has 1 fully saturated rings. The molecule has 3 nitrogen and oxygen atoms in total. The topological polar surface area (TPSA) is 41.5 Å². The van der Waals surface area contributed by atoms with Crippen LogP contribution in [0.4, 0.5) is 0 Å². The van der Waals surface area contributed by atoms with Crippen molar-refractivity contribution in [2.75, 3.05) is 13.2 Å². The van der Waals surface area contributed by atoms with Crippen molar-refractivity contribution in [2.45, 2.75) is 51.7 Å². The van der Waals surface area contributed by atoms with Gasteiger partial charge in [-0.15, -0.1) is 0 Å². The van der Waals surface area contributed by atoms with Crippen LogP contribution in [0.3, 0.4) is 0 Å². The molecule has 1 aliphatic rings. The average molecular weight is 277 g/mol. The second-order valence-electron chi connectivity index (χ2n) is 5.67. The Bertz CT molecular complexity index is 408. The van der Waals surface area contributed by atoms with Crippen molar-refractivity contribution in [3.8, 4) is 5.75 Å². The van der Waals surface area contributed by atoms with Gasteiger partial charge < -0.3 is 15.2 Å². The fourth-order valence-electron chi connectivity index (χ4n) is 3.08. The van der Waals surface area contributed by atoms with Crippen molar-refractivity contribution >= 4 is 0 Å². The van der Waals surface area contributed by atoms with E-state index < -0.39 is 6.10 Å². The first-order valence-electron chi connectivity index (χ1n) is 7.87. The number of benzene rings is 1. The van der Waals surface area contributed by atoms with E-state index >= 15 is 0 Å². The van der Waals surface area contributed by atoms with Crippen molar-refractivity contribution in [1.82, 2.24) is 5.32 Å². The van der Waals surface area contributed by atoms with Crippen LogP contribution in [0, 0.1) is 5.92 Å². The van der Waals surface area contributed by atoms with Crippen LogP contribution < -0.4 is 10.1 Å². The van der Waals surface area contributed by atoms with Crippen LogP contribution in [0.25, 0.3) is 0 Å². The van der Waals surface area contributed by atoms with Gasteiger partial charge >= 0.3 is 0 Å². The molecule has 1 aliphatic heterocycles. The predicted molar refractivity (Wildman–Crippen MR) is 82.0 cm³/mol. The molecule has 1 heterocycles. The van der Waals surface area contributed by atoms with E-state index in [9.17, 15) is 5.11 Å². The van der Waals surface area contributed by atoms with E-state index in [4.69, 9.17) is 4.74 Å². The number of hydrogen-bond donors (Lipinski definition) is 2. The number of nitrogens with one attached hydrogen (secondary N) is 1. The fraction of sp³-hybridized carbons (Fsp3) is 0.647. The third-order valence-corrected chi connectivity index (χ3v) is 4.27. The van der Waals surface area contributed by atoms with Crippen LogP contribution in [0.1, 0.15) is 51.2 Å². The summed E-state index contributed by atoms with van der Waals surface area (Å²) in [7, 11) is 0. The van der Waals surface area contributed by atoms with Crippen molar-refractivity contribution in [1.29, 1.82) is 0 Å². The number of aliphatic hydroxyl groups is 1. The van der Waals surface area contributed by atoms with Gasteiger partial charge in [0.2, 0.25) is 0 Å². The van der Waals surface area contributed by atoms with E-state index in [0.717, 1.165) is 30.2 Å². The van der Waals surface area contributed by atoms with Gasteiger partial charge in [0.05, 0.1) is 12.7 Å². The minimum Gasteiger partial charge on any atom is -0.493 e. The molecule has 3 unspecified atom stereocenters. The Labute approximate surface area is 122 Å². The molecular formula is C17H27NO2. The zero-order valence-corrected chi connectivity index (χ0v) is 12.6. The van der Waals surface area contributed by atoms with E-state index in [0.29, 0.717) is 12.6 Å². The van der Waals surface area contributed by atoms with Gasteiger partial charge in [0.15, 0.2) is 0 Å². The summed E-state index contributed by atoms with van der Waals surface area (Å²) in [6.07, 6.45) is 3.98. The van der Waals surface area contributed by atoms with E-state index in [1.807, 2.05) is 31.2 Å². The highest BCUT2D eigenvalue weighted by atomic mass is 16.5. The Morgan fingerprint density at radius 1 is 1.35 bits per heavy atom. The van der Waals surface area contributed by atoms with Gasteiger partial charge in [0.25, 0.3) is 0 Å². The summed E-state index contributed by atoms with van der Waals surface area (Å²) < 4.78 is 5.61. The van der Waals surface area contributed by atoms with Crippen molar-refractivity contribution in [3.05, 3.63) is 29.8 Å². The summed E-state index contributed by atoms with van der Waals surface area (Å²) in [5, 5.41) is 14.1. The number of rotatable bonds is 6. The Morgan fingerprint density at radius 2 is 2.15 bits per heavy atom. The zero-order valence-electron chi connectivity index (χ0n) is 12.6. The highest BCUT2D eigenvalue weighted by Crippen LogP contribution is 2.30. The molecule has 2 N–H and O–H groups in total. The SMILES string of the molecule is CCOc1ccccc1C(O)CC1CC(CC)CCN1. The Kier molecular flexibility index (Phi) is 5.86. The summed E-state index contributed by atoms with van der Waals surface area (Å²) >= 11 is 0. The van der Waals surface area contributed by atoms with Crippen LogP contribution in [0.2, 0.25) is 0 Å². The lowest BCUT2D eigenvalue weighted by molar-refractivity contribution is 0.132. The monoisotopic (exact) mass is 277 g/mol. The lowest BCUT2D eigenvalue weighted by Crippen LogP contribution is -2.38. The zero-order chi connectivity index (χ0) is 14.4. The van der Waals surface area contributed by atoms with Crippen LogP contribution >= 0.6 is 0 Å². The molecule has 0 aliphatic carbocycles. The van der Waals surface area contributed by atoms with Gasteiger partial charge in [0.1, 0.15) is 5.75 Å². The minimum atomic E-state index is -0.453. The molecule has 20 heavy (non-hydrogen) atoms. The molecule has 3 heteroatoms. The van der Waals surface area contributed by atoms with Gasteiger partial charge in [-0.3, -0.25) is 0 Å². The van der Waals surface area contributed by atoms with Crippen LogP contribution in [-0.2, 0) is 0 Å². The second kappa shape index (κ2) is 7.65. The highest BCUT2D eigenvalue weighted by molar-refractivity contribution is 5.35. The van der Waals surface area contributed by atoms with Crippen LogP contribution in [0.15, 0.2) is 24.3 Å². The largest absolute Gasteiger partial charge is 0.493 e. The van der Waals surface area contributed by atoms with Gasteiger partial charge in [-0.05, 0) is 44.7 Å². The first-order chi connectivity index (χ1) is 9.74. The molecule has 0 saturated carbocycles. The number of ether oxygens (including phenoxy) is 1. The predicted octanol–water partition coefficient (Wildman–Crippen LogP) is 3.29. The van der Waals surface area contributed by atoms with Crippen molar-refractivity contribution in [3.63, 3.8) is 0 Å². The second-order valence-corrected chi connectivity index (χ2v) is 5.67. The molecule has 112 valence electrons. The third kappa shape index (κ3) is 3.97. The molecule has 0 spiro atoms. The molecule has 0 amide bonds. The van der Waals surface area contributed by atoms with Crippen LogP contribution in [-0.4, -0.2) is 24.3 Å². The number of para-hydroxylation sites is 1. The quantitative estimate of drug-likeness (QED) is 0.838. The summed E-state index contributed by atoms with van der Waals surface area (Å²) in [6, 6.07) is 8.23. The Balaban J connectivity index is 1.99. The average Bonchev–Trinajstić information content (AvgIpc) is 2.48.